The van der Waals surface area contributed by atoms with E-state index in [9.17, 15) is 9.59 Å². The third kappa shape index (κ3) is 4.37. The lowest BCUT2D eigenvalue weighted by molar-refractivity contribution is -0.125. The molecule has 0 heterocycles. The maximum absolute atomic E-state index is 11.9. The van der Waals surface area contributed by atoms with E-state index in [2.05, 4.69) is 12.2 Å². The number of nitrogen functional groups attached to an aromatic ring is 1. The third-order valence-electron chi connectivity index (χ3n) is 4.03. The van der Waals surface area contributed by atoms with Crippen molar-refractivity contribution in [1.82, 2.24) is 5.32 Å². The van der Waals surface area contributed by atoms with Gasteiger partial charge in [0.05, 0.1) is 5.56 Å². The Morgan fingerprint density at radius 1 is 1.36 bits per heavy atom. The van der Waals surface area contributed by atoms with Crippen molar-refractivity contribution >= 4 is 29.2 Å². The van der Waals surface area contributed by atoms with Gasteiger partial charge in [0.1, 0.15) is 0 Å². The monoisotopic (exact) mass is 324 g/mol. The fraction of sp³-hybridized carbons (Fsp3) is 0.500. The Bertz CT molecular complexity index is 562. The summed E-state index contributed by atoms with van der Waals surface area (Å²) in [6.45, 7) is 1.83. The van der Waals surface area contributed by atoms with Crippen LogP contribution in [0.3, 0.4) is 0 Å². The summed E-state index contributed by atoms with van der Waals surface area (Å²) in [6, 6.07) is 4.68. The summed E-state index contributed by atoms with van der Waals surface area (Å²) in [5, 5.41) is 3.37. The number of nitrogens with two attached hydrogens (primary N) is 1. The van der Waals surface area contributed by atoms with Gasteiger partial charge in [0.25, 0.3) is 5.91 Å². The van der Waals surface area contributed by atoms with Crippen molar-refractivity contribution in [2.75, 3.05) is 12.3 Å². The number of hydrogen-bond acceptors (Lipinski definition) is 4. The molecule has 120 valence electrons. The highest BCUT2D eigenvalue weighted by Gasteiger charge is 2.23. The lowest BCUT2D eigenvalue weighted by atomic mass is 9.86. The van der Waals surface area contributed by atoms with Gasteiger partial charge in [0, 0.05) is 16.8 Å². The molecule has 5 nitrogen and oxygen atoms in total. The average Bonchev–Trinajstić information content (AvgIpc) is 2.47. The van der Waals surface area contributed by atoms with Crippen molar-refractivity contribution in [1.29, 1.82) is 0 Å². The number of anilines is 1. The Kier molecular flexibility index (Phi) is 5.66. The highest BCUT2D eigenvalue weighted by molar-refractivity contribution is 6.31. The molecule has 3 N–H and O–H groups in total. The molecule has 0 bridgehead atoms. The van der Waals surface area contributed by atoms with Crippen LogP contribution in [0.4, 0.5) is 5.69 Å². The molecule has 1 amide bonds. The van der Waals surface area contributed by atoms with Gasteiger partial charge < -0.3 is 15.8 Å². The minimum atomic E-state index is -0.624. The van der Waals surface area contributed by atoms with Crippen LogP contribution in [0, 0.1) is 5.92 Å². The highest BCUT2D eigenvalue weighted by Crippen LogP contribution is 2.23. The molecule has 0 spiro atoms. The number of amides is 1. The quantitative estimate of drug-likeness (QED) is 0.659. The predicted molar refractivity (Wildman–Crippen MR) is 85.7 cm³/mol. The molecule has 0 radical (unpaired) electrons. The van der Waals surface area contributed by atoms with Crippen LogP contribution in [0.1, 0.15) is 43.0 Å². The molecule has 1 saturated carbocycles. The summed E-state index contributed by atoms with van der Waals surface area (Å²) in [4.78, 5) is 23.8. The molecule has 6 heteroatoms. The van der Waals surface area contributed by atoms with Crippen LogP contribution in [-0.2, 0) is 9.53 Å². The summed E-state index contributed by atoms with van der Waals surface area (Å²) in [5.74, 6) is -0.444. The zero-order chi connectivity index (χ0) is 16.1. The van der Waals surface area contributed by atoms with E-state index in [4.69, 9.17) is 22.1 Å². The first-order valence-electron chi connectivity index (χ1n) is 7.49. The van der Waals surface area contributed by atoms with Gasteiger partial charge in [-0.15, -0.1) is 0 Å². The van der Waals surface area contributed by atoms with E-state index in [1.165, 1.54) is 18.6 Å². The van der Waals surface area contributed by atoms with Gasteiger partial charge in [0.2, 0.25) is 0 Å². The van der Waals surface area contributed by atoms with Crippen LogP contribution in [0.25, 0.3) is 0 Å². The number of ether oxygens (including phenoxy) is 1. The molecule has 1 fully saturated rings. The van der Waals surface area contributed by atoms with Gasteiger partial charge in [-0.05, 0) is 37.0 Å². The molecule has 1 aromatic carbocycles. The lowest BCUT2D eigenvalue weighted by Crippen LogP contribution is -2.42. The van der Waals surface area contributed by atoms with E-state index in [1.807, 2.05) is 0 Å². The summed E-state index contributed by atoms with van der Waals surface area (Å²) in [5.41, 5.74) is 6.16. The first-order chi connectivity index (χ1) is 10.5. The first-order valence-corrected chi connectivity index (χ1v) is 7.86. The van der Waals surface area contributed by atoms with Gasteiger partial charge in [0.15, 0.2) is 6.61 Å². The number of esters is 1. The van der Waals surface area contributed by atoms with E-state index >= 15 is 0 Å². The number of carbonyl (C=O) groups excluding carboxylic acids is 2. The van der Waals surface area contributed by atoms with Crippen molar-refractivity contribution < 1.29 is 14.3 Å². The average molecular weight is 325 g/mol. The molecule has 2 atom stereocenters. The van der Waals surface area contributed by atoms with Crippen LogP contribution in [0.5, 0.6) is 0 Å². The summed E-state index contributed by atoms with van der Waals surface area (Å²) >= 11 is 5.78. The topological polar surface area (TPSA) is 81.4 Å². The van der Waals surface area contributed by atoms with E-state index in [1.54, 1.807) is 6.07 Å². The van der Waals surface area contributed by atoms with E-state index in [-0.39, 0.29) is 29.8 Å². The minimum absolute atomic E-state index is 0.167. The van der Waals surface area contributed by atoms with Crippen LogP contribution in [0.15, 0.2) is 18.2 Å². The number of nitrogens with one attached hydrogen (secondary N) is 1. The maximum Gasteiger partial charge on any atom is 0.340 e. The lowest BCUT2D eigenvalue weighted by Gasteiger charge is -2.29. The van der Waals surface area contributed by atoms with Crippen molar-refractivity contribution in [3.05, 3.63) is 28.8 Å². The molecular formula is C16H21ClN2O3. The van der Waals surface area contributed by atoms with Crippen molar-refractivity contribution in [2.24, 2.45) is 5.92 Å². The Morgan fingerprint density at radius 3 is 2.77 bits per heavy atom. The number of hydrogen-bond donors (Lipinski definition) is 2. The van der Waals surface area contributed by atoms with Crippen LogP contribution < -0.4 is 11.1 Å². The Labute approximate surface area is 135 Å². The second kappa shape index (κ2) is 7.49. The molecule has 1 aliphatic carbocycles. The smallest absolute Gasteiger partial charge is 0.340 e. The van der Waals surface area contributed by atoms with E-state index in [0.29, 0.717) is 10.9 Å². The standard InChI is InChI=1S/C16H21ClN2O3/c1-10-4-2-3-5-14(10)19-15(20)9-22-16(21)12-7-6-11(17)8-13(12)18/h6-8,10,14H,2-5,9,18H2,1H3,(H,19,20). The molecule has 1 aromatic rings. The number of rotatable bonds is 4. The second-order valence-electron chi connectivity index (χ2n) is 5.74. The zero-order valence-corrected chi connectivity index (χ0v) is 13.4. The SMILES string of the molecule is CC1CCCCC1NC(=O)COC(=O)c1ccc(Cl)cc1N. The van der Waals surface area contributed by atoms with Gasteiger partial charge >= 0.3 is 5.97 Å². The van der Waals surface area contributed by atoms with Gasteiger partial charge in [-0.1, -0.05) is 31.4 Å². The van der Waals surface area contributed by atoms with Gasteiger partial charge in [-0.2, -0.15) is 0 Å². The predicted octanol–water partition coefficient (Wildman–Crippen LogP) is 2.77. The van der Waals surface area contributed by atoms with Crippen LogP contribution >= 0.6 is 11.6 Å². The minimum Gasteiger partial charge on any atom is -0.452 e. The van der Waals surface area contributed by atoms with Crippen molar-refractivity contribution in [3.63, 3.8) is 0 Å². The summed E-state index contributed by atoms with van der Waals surface area (Å²) in [7, 11) is 0. The zero-order valence-electron chi connectivity index (χ0n) is 12.6. The van der Waals surface area contributed by atoms with Gasteiger partial charge in [-0.25, -0.2) is 4.79 Å². The molecular weight excluding hydrogens is 304 g/mol. The second-order valence-corrected chi connectivity index (χ2v) is 6.18. The number of halogens is 1. The number of benzene rings is 1. The number of carbonyl (C=O) groups is 2. The Balaban J connectivity index is 1.84. The molecule has 22 heavy (non-hydrogen) atoms. The molecule has 2 rings (SSSR count). The molecule has 2 unspecified atom stereocenters. The third-order valence-corrected chi connectivity index (χ3v) is 4.26. The van der Waals surface area contributed by atoms with E-state index < -0.39 is 5.97 Å². The Hall–Kier alpha value is -1.75. The van der Waals surface area contributed by atoms with Crippen LogP contribution in [-0.4, -0.2) is 24.5 Å². The largest absolute Gasteiger partial charge is 0.452 e. The highest BCUT2D eigenvalue weighted by atomic mass is 35.5. The molecule has 0 aliphatic heterocycles. The van der Waals surface area contributed by atoms with E-state index in [0.717, 1.165) is 19.3 Å². The van der Waals surface area contributed by atoms with Crippen molar-refractivity contribution in [3.8, 4) is 0 Å². The van der Waals surface area contributed by atoms with Gasteiger partial charge in [-0.3, -0.25) is 4.79 Å². The fourth-order valence-corrected chi connectivity index (χ4v) is 2.89. The van der Waals surface area contributed by atoms with Crippen LogP contribution in [0.2, 0.25) is 5.02 Å². The van der Waals surface area contributed by atoms with Crippen molar-refractivity contribution in [2.45, 2.75) is 38.6 Å². The summed E-state index contributed by atoms with van der Waals surface area (Å²) in [6.07, 6.45) is 4.42. The normalized spacial score (nSPS) is 21.2. The first kappa shape index (κ1) is 16.6. The molecule has 0 aromatic heterocycles. The molecule has 1 aliphatic rings. The maximum atomic E-state index is 11.9. The summed E-state index contributed by atoms with van der Waals surface area (Å²) < 4.78 is 5.01. The Morgan fingerprint density at radius 2 is 2.09 bits per heavy atom. The molecule has 0 saturated heterocycles. The fourth-order valence-electron chi connectivity index (χ4n) is 2.71.